The van der Waals surface area contributed by atoms with Crippen LogP contribution >= 0.6 is 0 Å². The van der Waals surface area contributed by atoms with Crippen molar-refractivity contribution < 1.29 is 18.0 Å². The molecule has 0 aliphatic rings. The molecule has 0 saturated carbocycles. The average molecular weight is 333 g/mol. The Kier molecular flexibility index (Phi) is 5.36. The van der Waals surface area contributed by atoms with Gasteiger partial charge in [0.25, 0.3) is 5.91 Å². The number of hydrogen-bond donors (Lipinski definition) is 1. The molecule has 0 radical (unpaired) electrons. The number of carbonyl (C=O) groups excluding carboxylic acids is 1. The smallest absolute Gasteiger partial charge is 0.251 e. The molecule has 1 heterocycles. The van der Waals surface area contributed by atoms with Crippen LogP contribution in [0.1, 0.15) is 10.4 Å². The van der Waals surface area contributed by atoms with E-state index in [0.29, 0.717) is 16.7 Å². The van der Waals surface area contributed by atoms with Crippen molar-refractivity contribution in [1.82, 2.24) is 9.78 Å². The Morgan fingerprint density at radius 2 is 1.62 bits per heavy atom. The summed E-state index contributed by atoms with van der Waals surface area (Å²) in [5.74, 6) is -4.22. The number of aryl methyl sites for hydroxylation is 1. The molecule has 0 saturated heterocycles. The number of benzene rings is 2. The van der Waals surface area contributed by atoms with Crippen molar-refractivity contribution in [2.75, 3.05) is 0 Å². The first-order chi connectivity index (χ1) is 11.4. The molecule has 7 heteroatoms. The van der Waals surface area contributed by atoms with E-state index < -0.39 is 23.4 Å². The van der Waals surface area contributed by atoms with Crippen molar-refractivity contribution in [2.24, 2.45) is 12.8 Å². The van der Waals surface area contributed by atoms with Crippen LogP contribution in [0.15, 0.2) is 54.9 Å². The third-order valence-corrected chi connectivity index (χ3v) is 3.08. The third-order valence-electron chi connectivity index (χ3n) is 3.08. The summed E-state index contributed by atoms with van der Waals surface area (Å²) >= 11 is 0. The van der Waals surface area contributed by atoms with Crippen LogP contribution in [0.3, 0.4) is 0 Å². The molecule has 0 fully saturated rings. The maximum atomic E-state index is 12.9. The summed E-state index contributed by atoms with van der Waals surface area (Å²) in [7, 11) is 1.73. The Morgan fingerprint density at radius 1 is 1.04 bits per heavy atom. The summed E-state index contributed by atoms with van der Waals surface area (Å²) in [6, 6.07) is 10.6. The Labute approximate surface area is 136 Å². The molecule has 1 amide bonds. The molecule has 2 N–H and O–H groups in total. The SMILES string of the molecule is Cn1cc(C(N)=O)cn1.Fc1cc(-c2ccccc2)cc(F)c1F. The van der Waals surface area contributed by atoms with Gasteiger partial charge in [-0.1, -0.05) is 30.3 Å². The van der Waals surface area contributed by atoms with E-state index in [1.54, 1.807) is 43.6 Å². The fraction of sp³-hybridized carbons (Fsp3) is 0.0588. The molecule has 0 unspecified atom stereocenters. The minimum absolute atomic E-state index is 0.326. The molecule has 0 aliphatic carbocycles. The van der Waals surface area contributed by atoms with E-state index in [1.165, 1.54) is 10.9 Å². The molecular weight excluding hydrogens is 319 g/mol. The van der Waals surface area contributed by atoms with Crippen LogP contribution in [0, 0.1) is 17.5 Å². The van der Waals surface area contributed by atoms with Gasteiger partial charge in [-0.2, -0.15) is 5.10 Å². The standard InChI is InChI=1S/C12H7F3.C5H7N3O/c13-10-6-9(7-11(14)12(10)15)8-4-2-1-3-5-8;1-8-3-4(2-7-8)5(6)9/h1-7H;2-3H,1H3,(H2,6,9). The van der Waals surface area contributed by atoms with Gasteiger partial charge in [0.1, 0.15) is 0 Å². The highest BCUT2D eigenvalue weighted by atomic mass is 19.2. The van der Waals surface area contributed by atoms with Crippen LogP contribution in [0.2, 0.25) is 0 Å². The zero-order valence-corrected chi connectivity index (χ0v) is 12.7. The summed E-state index contributed by atoms with van der Waals surface area (Å²) in [5, 5.41) is 3.75. The first kappa shape index (κ1) is 17.3. The molecule has 124 valence electrons. The largest absolute Gasteiger partial charge is 0.366 e. The van der Waals surface area contributed by atoms with E-state index in [4.69, 9.17) is 5.73 Å². The summed E-state index contributed by atoms with van der Waals surface area (Å²) in [5.41, 5.74) is 6.35. The highest BCUT2D eigenvalue weighted by Gasteiger charge is 2.10. The number of nitrogens with zero attached hydrogens (tertiary/aromatic N) is 2. The number of amides is 1. The number of halogens is 3. The van der Waals surface area contributed by atoms with Crippen molar-refractivity contribution in [1.29, 1.82) is 0 Å². The number of hydrogen-bond acceptors (Lipinski definition) is 2. The van der Waals surface area contributed by atoms with Crippen LogP contribution in [0.4, 0.5) is 13.2 Å². The predicted octanol–water partition coefficient (Wildman–Crippen LogP) is 3.29. The van der Waals surface area contributed by atoms with Gasteiger partial charge in [-0.25, -0.2) is 13.2 Å². The molecule has 0 atom stereocenters. The molecule has 4 nitrogen and oxygen atoms in total. The van der Waals surface area contributed by atoms with Gasteiger partial charge in [-0.15, -0.1) is 0 Å². The number of carbonyl (C=O) groups is 1. The van der Waals surface area contributed by atoms with E-state index in [-0.39, 0.29) is 0 Å². The van der Waals surface area contributed by atoms with E-state index in [9.17, 15) is 18.0 Å². The van der Waals surface area contributed by atoms with Crippen LogP contribution < -0.4 is 5.73 Å². The molecule has 0 aliphatic heterocycles. The minimum Gasteiger partial charge on any atom is -0.366 e. The quantitative estimate of drug-likeness (QED) is 0.732. The van der Waals surface area contributed by atoms with Gasteiger partial charge in [-0.3, -0.25) is 9.48 Å². The van der Waals surface area contributed by atoms with Crippen LogP contribution in [-0.2, 0) is 7.05 Å². The fourth-order valence-corrected chi connectivity index (χ4v) is 1.90. The van der Waals surface area contributed by atoms with Gasteiger partial charge in [0.2, 0.25) is 0 Å². The second-order valence-corrected chi connectivity index (χ2v) is 4.89. The Hall–Kier alpha value is -3.09. The second kappa shape index (κ2) is 7.45. The highest BCUT2D eigenvalue weighted by Crippen LogP contribution is 2.23. The normalized spacial score (nSPS) is 10.0. The number of rotatable bonds is 2. The van der Waals surface area contributed by atoms with Gasteiger partial charge < -0.3 is 5.73 Å². The highest BCUT2D eigenvalue weighted by molar-refractivity contribution is 5.92. The van der Waals surface area contributed by atoms with E-state index in [1.807, 2.05) is 0 Å². The molecule has 0 bridgehead atoms. The third kappa shape index (κ3) is 4.22. The summed E-state index contributed by atoms with van der Waals surface area (Å²) in [6.45, 7) is 0. The fourth-order valence-electron chi connectivity index (χ4n) is 1.90. The van der Waals surface area contributed by atoms with Gasteiger partial charge >= 0.3 is 0 Å². The van der Waals surface area contributed by atoms with Gasteiger partial charge in [0, 0.05) is 13.2 Å². The number of nitrogens with two attached hydrogens (primary N) is 1. The summed E-state index contributed by atoms with van der Waals surface area (Å²) < 4.78 is 40.0. The maximum absolute atomic E-state index is 12.9. The van der Waals surface area contributed by atoms with Crippen molar-refractivity contribution in [3.63, 3.8) is 0 Å². The zero-order valence-electron chi connectivity index (χ0n) is 12.7. The van der Waals surface area contributed by atoms with Crippen molar-refractivity contribution >= 4 is 5.91 Å². The number of aromatic nitrogens is 2. The summed E-state index contributed by atoms with van der Waals surface area (Å²) in [6.07, 6.45) is 3.00. The van der Waals surface area contributed by atoms with E-state index in [2.05, 4.69) is 5.10 Å². The van der Waals surface area contributed by atoms with Crippen LogP contribution in [0.5, 0.6) is 0 Å². The van der Waals surface area contributed by atoms with Gasteiger partial charge in [0.05, 0.1) is 11.8 Å². The lowest BCUT2D eigenvalue weighted by Gasteiger charge is -2.02. The zero-order chi connectivity index (χ0) is 17.7. The molecule has 3 rings (SSSR count). The molecule has 2 aromatic carbocycles. The molecule has 1 aromatic heterocycles. The molecule has 0 spiro atoms. The molecule has 24 heavy (non-hydrogen) atoms. The Morgan fingerprint density at radius 3 is 2.04 bits per heavy atom. The van der Waals surface area contributed by atoms with Crippen molar-refractivity contribution in [3.05, 3.63) is 77.9 Å². The topological polar surface area (TPSA) is 60.9 Å². The van der Waals surface area contributed by atoms with E-state index in [0.717, 1.165) is 12.1 Å². The molecule has 3 aromatic rings. The molecular formula is C17H14F3N3O. The van der Waals surface area contributed by atoms with Gasteiger partial charge in [0.15, 0.2) is 17.5 Å². The van der Waals surface area contributed by atoms with E-state index >= 15 is 0 Å². The lowest BCUT2D eigenvalue weighted by Crippen LogP contribution is -2.09. The first-order valence-corrected chi connectivity index (χ1v) is 6.87. The monoisotopic (exact) mass is 333 g/mol. The van der Waals surface area contributed by atoms with Crippen LogP contribution in [-0.4, -0.2) is 15.7 Å². The average Bonchev–Trinajstić information content (AvgIpc) is 3.00. The van der Waals surface area contributed by atoms with Crippen molar-refractivity contribution in [2.45, 2.75) is 0 Å². The maximum Gasteiger partial charge on any atom is 0.251 e. The Balaban J connectivity index is 0.000000198. The van der Waals surface area contributed by atoms with Crippen molar-refractivity contribution in [3.8, 4) is 11.1 Å². The predicted molar refractivity (Wildman–Crippen MR) is 83.5 cm³/mol. The lowest BCUT2D eigenvalue weighted by molar-refractivity contribution is 0.1000. The second-order valence-electron chi connectivity index (χ2n) is 4.89. The Bertz CT molecular complexity index is 824. The van der Waals surface area contributed by atoms with Crippen LogP contribution in [0.25, 0.3) is 11.1 Å². The lowest BCUT2D eigenvalue weighted by atomic mass is 10.1. The van der Waals surface area contributed by atoms with Gasteiger partial charge in [-0.05, 0) is 23.3 Å². The number of primary amides is 1. The minimum atomic E-state index is -1.44. The summed E-state index contributed by atoms with van der Waals surface area (Å²) in [4.78, 5) is 10.4. The first-order valence-electron chi connectivity index (χ1n) is 6.87.